The Balaban J connectivity index is 2.93. The molecule has 15 heavy (non-hydrogen) atoms. The molecule has 0 saturated carbocycles. The van der Waals surface area contributed by atoms with Crippen LogP contribution in [0.5, 0.6) is 0 Å². The first-order valence-electron chi connectivity index (χ1n) is 5.65. The fourth-order valence-electron chi connectivity index (χ4n) is 1.98. The minimum Gasteiger partial charge on any atom is -0.343 e. The van der Waals surface area contributed by atoms with Crippen molar-refractivity contribution < 1.29 is 9.59 Å². The summed E-state index contributed by atoms with van der Waals surface area (Å²) in [6.07, 6.45) is 1.55. The second kappa shape index (κ2) is 4.64. The summed E-state index contributed by atoms with van der Waals surface area (Å²) < 4.78 is 0. The highest BCUT2D eigenvalue weighted by Gasteiger charge is 2.39. The lowest BCUT2D eigenvalue weighted by molar-refractivity contribution is -0.151. The van der Waals surface area contributed by atoms with Gasteiger partial charge in [-0.15, -0.1) is 0 Å². The van der Waals surface area contributed by atoms with E-state index in [9.17, 15) is 9.59 Å². The van der Waals surface area contributed by atoms with E-state index in [4.69, 9.17) is 0 Å². The Kier molecular flexibility index (Phi) is 3.72. The van der Waals surface area contributed by atoms with E-state index in [0.29, 0.717) is 6.42 Å². The number of hydrogen-bond acceptors (Lipinski definition) is 2. The number of piperazine rings is 1. The SMILES string of the molecule is CCC(C)N1C(=O)C(C)NC(=O)C1CC. The highest BCUT2D eigenvalue weighted by Crippen LogP contribution is 2.17. The van der Waals surface area contributed by atoms with Crippen LogP contribution in [0.2, 0.25) is 0 Å². The molecule has 1 aliphatic heterocycles. The molecule has 1 fully saturated rings. The van der Waals surface area contributed by atoms with E-state index < -0.39 is 0 Å². The third-order valence-corrected chi connectivity index (χ3v) is 3.07. The Bertz CT molecular complexity index is 265. The monoisotopic (exact) mass is 212 g/mol. The Morgan fingerprint density at radius 1 is 1.40 bits per heavy atom. The van der Waals surface area contributed by atoms with Crippen LogP contribution in [-0.4, -0.2) is 34.8 Å². The molecule has 0 aromatic heterocycles. The lowest BCUT2D eigenvalue weighted by atomic mass is 10.0. The minimum atomic E-state index is -0.380. The molecule has 0 radical (unpaired) electrons. The number of rotatable bonds is 3. The molecule has 0 aromatic rings. The summed E-state index contributed by atoms with van der Waals surface area (Å²) >= 11 is 0. The molecule has 0 spiro atoms. The molecule has 4 nitrogen and oxygen atoms in total. The maximum Gasteiger partial charge on any atom is 0.245 e. The second-order valence-corrected chi connectivity index (χ2v) is 4.16. The molecule has 1 rings (SSSR count). The van der Waals surface area contributed by atoms with Crippen LogP contribution in [0.4, 0.5) is 0 Å². The maximum atomic E-state index is 12.0. The third kappa shape index (κ3) is 2.13. The van der Waals surface area contributed by atoms with Crippen molar-refractivity contribution in [1.29, 1.82) is 0 Å². The van der Waals surface area contributed by atoms with Gasteiger partial charge in [0.25, 0.3) is 0 Å². The fraction of sp³-hybridized carbons (Fsp3) is 0.818. The average Bonchev–Trinajstić information content (AvgIpc) is 2.21. The van der Waals surface area contributed by atoms with Crippen molar-refractivity contribution in [3.05, 3.63) is 0 Å². The first kappa shape index (κ1) is 12.0. The molecule has 3 unspecified atom stereocenters. The quantitative estimate of drug-likeness (QED) is 0.756. The molecule has 1 aliphatic rings. The highest BCUT2D eigenvalue weighted by molar-refractivity contribution is 5.96. The van der Waals surface area contributed by atoms with Gasteiger partial charge < -0.3 is 10.2 Å². The highest BCUT2D eigenvalue weighted by atomic mass is 16.2. The van der Waals surface area contributed by atoms with Crippen LogP contribution >= 0.6 is 0 Å². The van der Waals surface area contributed by atoms with E-state index in [1.807, 2.05) is 20.8 Å². The summed E-state index contributed by atoms with van der Waals surface area (Å²) in [4.78, 5) is 25.4. The van der Waals surface area contributed by atoms with Crippen LogP contribution in [0.3, 0.4) is 0 Å². The van der Waals surface area contributed by atoms with Gasteiger partial charge in [0.05, 0.1) is 0 Å². The van der Waals surface area contributed by atoms with Crippen LogP contribution in [0.1, 0.15) is 40.5 Å². The minimum absolute atomic E-state index is 0.0232. The van der Waals surface area contributed by atoms with Crippen molar-refractivity contribution in [2.45, 2.75) is 58.7 Å². The average molecular weight is 212 g/mol. The first-order valence-corrected chi connectivity index (χ1v) is 5.65. The van der Waals surface area contributed by atoms with Crippen LogP contribution < -0.4 is 5.32 Å². The number of hydrogen-bond donors (Lipinski definition) is 1. The molecule has 86 valence electrons. The van der Waals surface area contributed by atoms with Crippen molar-refractivity contribution in [3.8, 4) is 0 Å². The van der Waals surface area contributed by atoms with Crippen LogP contribution in [-0.2, 0) is 9.59 Å². The van der Waals surface area contributed by atoms with Gasteiger partial charge in [-0.3, -0.25) is 9.59 Å². The van der Waals surface area contributed by atoms with Gasteiger partial charge in [-0.25, -0.2) is 0 Å². The van der Waals surface area contributed by atoms with E-state index in [2.05, 4.69) is 5.32 Å². The van der Waals surface area contributed by atoms with Gasteiger partial charge in [-0.2, -0.15) is 0 Å². The summed E-state index contributed by atoms with van der Waals surface area (Å²) in [5.41, 5.74) is 0. The third-order valence-electron chi connectivity index (χ3n) is 3.07. The van der Waals surface area contributed by atoms with Gasteiger partial charge in [0.1, 0.15) is 12.1 Å². The van der Waals surface area contributed by atoms with Crippen molar-refractivity contribution in [1.82, 2.24) is 10.2 Å². The van der Waals surface area contributed by atoms with E-state index in [-0.39, 0.29) is 29.9 Å². The maximum absolute atomic E-state index is 12.0. The predicted molar refractivity (Wildman–Crippen MR) is 58.3 cm³/mol. The second-order valence-electron chi connectivity index (χ2n) is 4.16. The first-order chi connectivity index (χ1) is 7.02. The van der Waals surface area contributed by atoms with Gasteiger partial charge in [0.2, 0.25) is 11.8 Å². The Hall–Kier alpha value is -1.06. The van der Waals surface area contributed by atoms with Gasteiger partial charge in [-0.1, -0.05) is 13.8 Å². The summed E-state index contributed by atoms with van der Waals surface area (Å²) in [7, 11) is 0. The molecule has 1 saturated heterocycles. The number of carbonyl (C=O) groups excluding carboxylic acids is 2. The molecule has 1 N–H and O–H groups in total. The molecule has 2 amide bonds. The number of nitrogens with one attached hydrogen (secondary N) is 1. The van der Waals surface area contributed by atoms with E-state index >= 15 is 0 Å². The predicted octanol–water partition coefficient (Wildman–Crippen LogP) is 0.910. The summed E-state index contributed by atoms with van der Waals surface area (Å²) in [6.45, 7) is 7.69. The fourth-order valence-corrected chi connectivity index (χ4v) is 1.98. The van der Waals surface area contributed by atoms with Gasteiger partial charge in [0.15, 0.2) is 0 Å². The van der Waals surface area contributed by atoms with E-state index in [1.165, 1.54) is 0 Å². The Labute approximate surface area is 91.0 Å². The molecular formula is C11H20N2O2. The van der Waals surface area contributed by atoms with Crippen LogP contribution in [0.15, 0.2) is 0 Å². The van der Waals surface area contributed by atoms with Gasteiger partial charge in [0, 0.05) is 6.04 Å². The standard InChI is InChI=1S/C11H20N2O2/c1-5-7(3)13-9(6-2)10(14)12-8(4)11(13)15/h7-9H,5-6H2,1-4H3,(H,12,14). The zero-order valence-corrected chi connectivity index (χ0v) is 9.91. The van der Waals surface area contributed by atoms with Crippen molar-refractivity contribution in [3.63, 3.8) is 0 Å². The summed E-state index contributed by atoms with van der Waals surface area (Å²) in [5, 5.41) is 2.71. The van der Waals surface area contributed by atoms with Crippen molar-refractivity contribution in [2.75, 3.05) is 0 Å². The van der Waals surface area contributed by atoms with Crippen molar-refractivity contribution >= 4 is 11.8 Å². The zero-order valence-electron chi connectivity index (χ0n) is 9.91. The molecule has 1 heterocycles. The van der Waals surface area contributed by atoms with E-state index in [0.717, 1.165) is 6.42 Å². The Morgan fingerprint density at radius 3 is 2.47 bits per heavy atom. The number of amides is 2. The molecule has 0 aromatic carbocycles. The molecule has 4 heteroatoms. The van der Waals surface area contributed by atoms with Crippen molar-refractivity contribution in [2.24, 2.45) is 0 Å². The number of carbonyl (C=O) groups is 2. The number of nitrogens with zero attached hydrogens (tertiary/aromatic N) is 1. The molecular weight excluding hydrogens is 192 g/mol. The molecule has 0 aliphatic carbocycles. The summed E-state index contributed by atoms with van der Waals surface area (Å²) in [6, 6.07) is -0.533. The summed E-state index contributed by atoms with van der Waals surface area (Å²) in [5.74, 6) is 0.0145. The van der Waals surface area contributed by atoms with Gasteiger partial charge >= 0.3 is 0 Å². The van der Waals surface area contributed by atoms with Crippen LogP contribution in [0, 0.1) is 0 Å². The lowest BCUT2D eigenvalue weighted by Crippen LogP contribution is -2.64. The Morgan fingerprint density at radius 2 is 2.00 bits per heavy atom. The molecule has 3 atom stereocenters. The zero-order chi connectivity index (χ0) is 11.6. The van der Waals surface area contributed by atoms with Crippen LogP contribution in [0.25, 0.3) is 0 Å². The largest absolute Gasteiger partial charge is 0.343 e. The van der Waals surface area contributed by atoms with Gasteiger partial charge in [-0.05, 0) is 26.7 Å². The normalized spacial score (nSPS) is 28.9. The topological polar surface area (TPSA) is 49.4 Å². The lowest BCUT2D eigenvalue weighted by Gasteiger charge is -2.41. The smallest absolute Gasteiger partial charge is 0.245 e. The molecule has 0 bridgehead atoms. The van der Waals surface area contributed by atoms with E-state index in [1.54, 1.807) is 11.8 Å².